The second-order valence-corrected chi connectivity index (χ2v) is 6.57. The van der Waals surface area contributed by atoms with Gasteiger partial charge >= 0.3 is 0 Å². The Balaban J connectivity index is 0.000000362. The normalized spacial score (nSPS) is 9.87. The topological polar surface area (TPSA) is 0 Å². The molecule has 0 saturated carbocycles. The van der Waals surface area contributed by atoms with Crippen molar-refractivity contribution in [2.45, 2.75) is 20.8 Å². The molecule has 0 atom stereocenters. The fourth-order valence-electron chi connectivity index (χ4n) is 1.32. The van der Waals surface area contributed by atoms with E-state index in [0.717, 1.165) is 8.20 Å². The number of hydrogen-bond donors (Lipinski definition) is 0. The van der Waals surface area contributed by atoms with E-state index in [1.807, 2.05) is 78.9 Å². The average molecular weight is 354 g/mol. The van der Waals surface area contributed by atoms with E-state index < -0.39 is 0 Å². The van der Waals surface area contributed by atoms with E-state index in [-0.39, 0.29) is 27.1 Å². The van der Waals surface area contributed by atoms with E-state index in [2.05, 4.69) is 38.7 Å². The van der Waals surface area contributed by atoms with Crippen molar-refractivity contribution in [2.24, 2.45) is 5.41 Å². The molecule has 23 heavy (non-hydrogen) atoms. The molecule has 0 N–H and O–H groups in total. The van der Waals surface area contributed by atoms with Crippen molar-refractivity contribution in [1.29, 1.82) is 0 Å². The standard InChI is InChI=1S/C11H13P.2C5H5.Ti/c1-11(2,3)9-12-10-7-5-4-6-8-10;2*1-2-4-5-3-1;/h4-7H,1-3H3;2*1-5H;/q-2;2*-1;. The molecule has 0 bridgehead atoms. The smallest absolute Gasteiger partial charge is 0 e. The third kappa shape index (κ3) is 14.1. The second-order valence-electron chi connectivity index (χ2n) is 5.65. The zero-order valence-electron chi connectivity index (χ0n) is 14.0. The minimum atomic E-state index is 0. The van der Waals surface area contributed by atoms with Gasteiger partial charge in [0, 0.05) is 21.7 Å². The Morgan fingerprint density at radius 1 is 0.870 bits per heavy atom. The molecule has 120 valence electrons. The van der Waals surface area contributed by atoms with Crippen LogP contribution in [0.3, 0.4) is 0 Å². The summed E-state index contributed by atoms with van der Waals surface area (Å²) in [6, 6.07) is 31.2. The Morgan fingerprint density at radius 2 is 1.39 bits per heavy atom. The molecule has 0 fully saturated rings. The summed E-state index contributed by atoms with van der Waals surface area (Å²) in [6.07, 6.45) is 0. The maximum atomic E-state index is 3.38. The van der Waals surface area contributed by atoms with Gasteiger partial charge in [0.05, 0.1) is 0 Å². The maximum absolute atomic E-state index is 3.38. The molecule has 0 aliphatic rings. The molecule has 3 aromatic rings. The monoisotopic (exact) mass is 354 g/mol. The minimum Gasteiger partial charge on any atom is -0.459 e. The van der Waals surface area contributed by atoms with Crippen LogP contribution in [0, 0.1) is 11.5 Å². The average Bonchev–Trinajstić information content (AvgIpc) is 3.23. The molecule has 0 radical (unpaired) electrons. The van der Waals surface area contributed by atoms with Crippen LogP contribution in [0.25, 0.3) is 0 Å². The summed E-state index contributed by atoms with van der Waals surface area (Å²) in [7, 11) is 1.14. The van der Waals surface area contributed by atoms with Crippen molar-refractivity contribution >= 4 is 19.3 Å². The van der Waals surface area contributed by atoms with Gasteiger partial charge in [-0.05, 0) is 0 Å². The largest absolute Gasteiger partial charge is 0.459 e. The number of hydrogen-bond acceptors (Lipinski definition) is 0. The van der Waals surface area contributed by atoms with Gasteiger partial charge in [-0.1, -0.05) is 20.8 Å². The van der Waals surface area contributed by atoms with Crippen molar-refractivity contribution in [3.05, 3.63) is 91.0 Å². The van der Waals surface area contributed by atoms with Crippen molar-refractivity contribution in [3.63, 3.8) is 0 Å². The van der Waals surface area contributed by atoms with E-state index in [1.54, 1.807) is 0 Å². The maximum Gasteiger partial charge on any atom is 0 e. The zero-order chi connectivity index (χ0) is 16.1. The Bertz CT molecular complexity index is 512. The molecular weight excluding hydrogens is 331 g/mol. The summed E-state index contributed by atoms with van der Waals surface area (Å²) in [5.74, 6) is 3.38. The van der Waals surface area contributed by atoms with Crippen molar-refractivity contribution in [3.8, 4) is 0 Å². The molecule has 3 aromatic carbocycles. The van der Waals surface area contributed by atoms with Crippen LogP contribution < -0.4 is 5.30 Å². The summed E-state index contributed by atoms with van der Waals surface area (Å²) in [6.45, 7) is 6.47. The molecule has 0 aliphatic heterocycles. The van der Waals surface area contributed by atoms with Crippen LogP contribution in [-0.2, 0) is 21.7 Å². The van der Waals surface area contributed by atoms with Crippen LogP contribution >= 0.6 is 8.20 Å². The first-order chi connectivity index (χ1) is 10.6. The van der Waals surface area contributed by atoms with Crippen LogP contribution in [0.2, 0.25) is 0 Å². The summed E-state index contributed by atoms with van der Waals surface area (Å²) >= 11 is 0. The predicted molar refractivity (Wildman–Crippen MR) is 100 cm³/mol. The van der Waals surface area contributed by atoms with Crippen molar-refractivity contribution in [1.82, 2.24) is 0 Å². The quantitative estimate of drug-likeness (QED) is 0.303. The molecule has 0 saturated heterocycles. The first-order valence-corrected chi connectivity index (χ1v) is 8.25. The van der Waals surface area contributed by atoms with Gasteiger partial charge in [-0.3, -0.25) is 0 Å². The van der Waals surface area contributed by atoms with Crippen LogP contribution in [0.15, 0.2) is 84.9 Å². The summed E-state index contributed by atoms with van der Waals surface area (Å²) in [4.78, 5) is 0. The molecular formula is C21H23PTi-4. The van der Waals surface area contributed by atoms with Crippen LogP contribution in [0.5, 0.6) is 0 Å². The van der Waals surface area contributed by atoms with Crippen molar-refractivity contribution in [2.75, 3.05) is 0 Å². The molecule has 0 aromatic heterocycles. The van der Waals surface area contributed by atoms with Crippen LogP contribution in [-0.4, -0.2) is 5.80 Å². The Hall–Kier alpha value is -1.20. The summed E-state index contributed by atoms with van der Waals surface area (Å²) in [5.41, 5.74) is 0.172. The van der Waals surface area contributed by atoms with Gasteiger partial charge in [-0.15, -0.1) is 5.30 Å². The Labute approximate surface area is 158 Å². The molecule has 0 spiro atoms. The molecule has 0 unspecified atom stereocenters. The zero-order valence-corrected chi connectivity index (χ0v) is 16.5. The van der Waals surface area contributed by atoms with Crippen LogP contribution in [0.1, 0.15) is 20.8 Å². The summed E-state index contributed by atoms with van der Waals surface area (Å²) < 4.78 is 0. The van der Waals surface area contributed by atoms with Crippen molar-refractivity contribution < 1.29 is 21.7 Å². The van der Waals surface area contributed by atoms with E-state index in [9.17, 15) is 0 Å². The first-order valence-electron chi connectivity index (χ1n) is 7.36. The van der Waals surface area contributed by atoms with Gasteiger partial charge in [0.2, 0.25) is 0 Å². The molecule has 0 aliphatic carbocycles. The minimum absolute atomic E-state index is 0. The van der Waals surface area contributed by atoms with Gasteiger partial charge in [0.15, 0.2) is 0 Å². The van der Waals surface area contributed by atoms with Gasteiger partial charge < -0.3 is 14.0 Å². The fourth-order valence-corrected chi connectivity index (χ4v) is 2.08. The third-order valence-electron chi connectivity index (χ3n) is 2.32. The molecule has 3 rings (SSSR count). The second kappa shape index (κ2) is 13.3. The fraction of sp³-hybridized carbons (Fsp3) is 0.190. The van der Waals surface area contributed by atoms with Gasteiger partial charge in [0.25, 0.3) is 0 Å². The van der Waals surface area contributed by atoms with E-state index in [1.165, 1.54) is 5.30 Å². The molecule has 2 heteroatoms. The SMILES string of the molecule is CC(C)(C)[C-]=Pc1[c-]cccc1.[Ti].c1cc[cH-]c1.c1cc[cH-]c1. The van der Waals surface area contributed by atoms with Gasteiger partial charge in [-0.2, -0.15) is 72.1 Å². The third-order valence-corrected chi connectivity index (χ3v) is 3.62. The summed E-state index contributed by atoms with van der Waals surface area (Å²) in [5, 5.41) is 1.19. The van der Waals surface area contributed by atoms with E-state index in [0.29, 0.717) is 0 Å². The van der Waals surface area contributed by atoms with Gasteiger partial charge in [0.1, 0.15) is 0 Å². The number of rotatable bonds is 1. The molecule has 0 amide bonds. The predicted octanol–water partition coefficient (Wildman–Crippen LogP) is 5.59. The Morgan fingerprint density at radius 3 is 1.70 bits per heavy atom. The molecule has 0 nitrogen and oxygen atoms in total. The Kier molecular flexibility index (Phi) is 12.6. The van der Waals surface area contributed by atoms with Crippen LogP contribution in [0.4, 0.5) is 0 Å². The van der Waals surface area contributed by atoms with E-state index in [4.69, 9.17) is 0 Å². The molecule has 0 heterocycles. The number of benzene rings is 1. The first kappa shape index (κ1) is 21.8. The van der Waals surface area contributed by atoms with E-state index >= 15 is 0 Å². The van der Waals surface area contributed by atoms with Gasteiger partial charge in [-0.25, -0.2) is 24.3 Å².